The second-order valence-electron chi connectivity index (χ2n) is 7.43. The van der Waals surface area contributed by atoms with Crippen LogP contribution in [0.3, 0.4) is 0 Å². The molecule has 162 valence electrons. The monoisotopic (exact) mass is 421 g/mol. The topological polar surface area (TPSA) is 79.0 Å². The second-order valence-corrected chi connectivity index (χ2v) is 7.43. The molecule has 2 aliphatic rings. The first-order chi connectivity index (χ1) is 14.3. The highest BCUT2D eigenvalue weighted by molar-refractivity contribution is 6.09. The van der Waals surface area contributed by atoms with E-state index < -0.39 is 24.1 Å². The quantitative estimate of drug-likeness (QED) is 0.685. The maximum absolute atomic E-state index is 13.0. The van der Waals surface area contributed by atoms with Gasteiger partial charge in [-0.1, -0.05) is 18.2 Å². The molecule has 1 fully saturated rings. The van der Waals surface area contributed by atoms with Crippen LogP contribution >= 0.6 is 0 Å². The number of likely N-dealkylation sites (N-methyl/N-ethyl adjacent to an activating group) is 1. The lowest BCUT2D eigenvalue weighted by molar-refractivity contribution is -0.138. The predicted molar refractivity (Wildman–Crippen MR) is 105 cm³/mol. The van der Waals surface area contributed by atoms with E-state index in [1.807, 2.05) is 13.0 Å². The van der Waals surface area contributed by atoms with Crippen LogP contribution in [0, 0.1) is 0 Å². The maximum atomic E-state index is 13.0. The van der Waals surface area contributed by atoms with Gasteiger partial charge in [0, 0.05) is 12.2 Å². The van der Waals surface area contributed by atoms with Crippen molar-refractivity contribution in [3.8, 4) is 5.75 Å². The van der Waals surface area contributed by atoms with Crippen molar-refractivity contribution in [1.82, 2.24) is 15.1 Å². The van der Waals surface area contributed by atoms with Crippen molar-refractivity contribution in [3.63, 3.8) is 0 Å². The Hall–Kier alpha value is -2.97. The molecule has 1 atom stereocenters. The largest absolute Gasteiger partial charge is 0.435 e. The Bertz CT molecular complexity index is 856. The summed E-state index contributed by atoms with van der Waals surface area (Å²) in [6.45, 7) is 0.505. The van der Waals surface area contributed by atoms with Crippen LogP contribution in [-0.4, -0.2) is 47.3 Å². The van der Waals surface area contributed by atoms with Crippen LogP contribution < -0.4 is 10.1 Å². The highest BCUT2D eigenvalue weighted by Crippen LogP contribution is 2.30. The fraction of sp³-hybridized carbons (Fsp3) is 0.476. The fourth-order valence-corrected chi connectivity index (χ4v) is 3.83. The molecule has 0 aromatic heterocycles. The number of rotatable bonds is 7. The van der Waals surface area contributed by atoms with E-state index in [4.69, 9.17) is 0 Å². The first-order valence-electron chi connectivity index (χ1n) is 9.95. The molecule has 0 bridgehead atoms. The molecule has 1 saturated heterocycles. The molecule has 7 nitrogen and oxygen atoms in total. The van der Waals surface area contributed by atoms with Gasteiger partial charge in [-0.15, -0.1) is 0 Å². The third-order valence-electron chi connectivity index (χ3n) is 5.46. The summed E-state index contributed by atoms with van der Waals surface area (Å²) in [6, 6.07) is 4.80. The number of benzene rings is 1. The normalized spacial score (nSPS) is 21.5. The fourth-order valence-electron chi connectivity index (χ4n) is 3.83. The van der Waals surface area contributed by atoms with Crippen LogP contribution in [0.25, 0.3) is 0 Å². The minimum Gasteiger partial charge on any atom is -0.435 e. The predicted octanol–water partition coefficient (Wildman–Crippen LogP) is 3.36. The molecular formula is C21H25F2N3O4. The zero-order chi connectivity index (χ0) is 21.9. The average molecular weight is 421 g/mol. The van der Waals surface area contributed by atoms with Crippen LogP contribution in [-0.2, 0) is 15.1 Å². The number of hydrogen-bond donors (Lipinski definition) is 1. The number of carbonyl (C=O) groups is 3. The van der Waals surface area contributed by atoms with Gasteiger partial charge in [0.25, 0.3) is 5.91 Å². The number of allylic oxidation sites excluding steroid dienone is 2. The average Bonchev–Trinajstić information content (AvgIpc) is 2.93. The maximum Gasteiger partial charge on any atom is 0.387 e. The number of hydrogen-bond acceptors (Lipinski definition) is 4. The standard InChI is InChI=1S/C21H25F2N3O4/c1-3-25(15-7-5-4-6-8-15)17(27)13-26-18(28)21(2,24-20(26)29)14-9-11-16(12-10-14)30-19(22)23/h7,9-12,19H,3-6,8,13H2,1-2H3,(H,24,29)/t21-/m1/s1. The van der Waals surface area contributed by atoms with Crippen LogP contribution in [0.2, 0.25) is 0 Å². The Morgan fingerprint density at radius 2 is 1.97 bits per heavy atom. The van der Waals surface area contributed by atoms with Crippen molar-refractivity contribution in [2.75, 3.05) is 13.1 Å². The van der Waals surface area contributed by atoms with Gasteiger partial charge in [0.15, 0.2) is 0 Å². The lowest BCUT2D eigenvalue weighted by Gasteiger charge is -2.28. The molecule has 30 heavy (non-hydrogen) atoms. The van der Waals surface area contributed by atoms with Crippen molar-refractivity contribution in [3.05, 3.63) is 41.6 Å². The Morgan fingerprint density at radius 1 is 1.27 bits per heavy atom. The van der Waals surface area contributed by atoms with Gasteiger partial charge in [0.2, 0.25) is 5.91 Å². The molecule has 0 saturated carbocycles. The number of urea groups is 1. The number of imide groups is 1. The zero-order valence-corrected chi connectivity index (χ0v) is 17.0. The molecule has 1 aromatic rings. The van der Waals surface area contributed by atoms with Gasteiger partial charge in [-0.25, -0.2) is 4.79 Å². The summed E-state index contributed by atoms with van der Waals surface area (Å²) < 4.78 is 29.0. The van der Waals surface area contributed by atoms with Gasteiger partial charge in [0.05, 0.1) is 0 Å². The van der Waals surface area contributed by atoms with E-state index in [2.05, 4.69) is 10.1 Å². The molecule has 9 heteroatoms. The van der Waals surface area contributed by atoms with Crippen LogP contribution in [0.4, 0.5) is 13.6 Å². The molecule has 1 aliphatic carbocycles. The summed E-state index contributed by atoms with van der Waals surface area (Å²) in [6.07, 6.45) is 5.82. The molecule has 4 amide bonds. The van der Waals surface area contributed by atoms with E-state index in [0.717, 1.165) is 36.3 Å². The second kappa shape index (κ2) is 8.81. The van der Waals surface area contributed by atoms with Gasteiger partial charge < -0.3 is 15.0 Å². The molecule has 1 aromatic carbocycles. The van der Waals surface area contributed by atoms with E-state index in [1.54, 1.807) is 4.90 Å². The smallest absolute Gasteiger partial charge is 0.387 e. The number of nitrogens with zero attached hydrogens (tertiary/aromatic N) is 2. The molecule has 1 N–H and O–H groups in total. The number of ether oxygens (including phenoxy) is 1. The van der Waals surface area contributed by atoms with Gasteiger partial charge in [0.1, 0.15) is 17.8 Å². The summed E-state index contributed by atoms with van der Waals surface area (Å²) in [5.41, 5.74) is -0.0695. The van der Waals surface area contributed by atoms with Gasteiger partial charge >= 0.3 is 12.6 Å². The van der Waals surface area contributed by atoms with Crippen molar-refractivity contribution < 1.29 is 27.9 Å². The van der Waals surface area contributed by atoms with Gasteiger partial charge in [-0.2, -0.15) is 8.78 Å². The molecule has 0 spiro atoms. The molecule has 1 aliphatic heterocycles. The molecular weight excluding hydrogens is 396 g/mol. The molecule has 1 heterocycles. The Balaban J connectivity index is 1.75. The lowest BCUT2D eigenvalue weighted by atomic mass is 9.92. The highest BCUT2D eigenvalue weighted by atomic mass is 19.3. The Morgan fingerprint density at radius 3 is 2.53 bits per heavy atom. The third-order valence-corrected chi connectivity index (χ3v) is 5.46. The number of halogens is 2. The van der Waals surface area contributed by atoms with Crippen molar-refractivity contribution in [2.45, 2.75) is 51.7 Å². The van der Waals surface area contributed by atoms with Crippen LogP contribution in [0.1, 0.15) is 45.1 Å². The summed E-state index contributed by atoms with van der Waals surface area (Å²) >= 11 is 0. The summed E-state index contributed by atoms with van der Waals surface area (Å²) in [4.78, 5) is 40.9. The minimum absolute atomic E-state index is 0.0551. The Kier molecular flexibility index (Phi) is 6.38. The van der Waals surface area contributed by atoms with E-state index in [0.29, 0.717) is 12.1 Å². The minimum atomic E-state index is -2.96. The number of nitrogens with one attached hydrogen (secondary N) is 1. The summed E-state index contributed by atoms with van der Waals surface area (Å²) in [5.74, 6) is -0.948. The van der Waals surface area contributed by atoms with E-state index in [1.165, 1.54) is 31.2 Å². The van der Waals surface area contributed by atoms with Gasteiger partial charge in [-0.3, -0.25) is 14.5 Å². The number of amides is 4. The van der Waals surface area contributed by atoms with Gasteiger partial charge in [-0.05, 0) is 57.2 Å². The number of carbonyl (C=O) groups excluding carboxylic acids is 3. The highest BCUT2D eigenvalue weighted by Gasteiger charge is 2.49. The molecule has 3 rings (SSSR count). The van der Waals surface area contributed by atoms with E-state index in [-0.39, 0.29) is 18.2 Å². The lowest BCUT2D eigenvalue weighted by Crippen LogP contribution is -2.44. The van der Waals surface area contributed by atoms with Crippen molar-refractivity contribution in [2.24, 2.45) is 0 Å². The molecule has 0 unspecified atom stereocenters. The van der Waals surface area contributed by atoms with E-state index >= 15 is 0 Å². The first kappa shape index (κ1) is 21.7. The summed E-state index contributed by atoms with van der Waals surface area (Å²) in [5, 5.41) is 2.61. The van der Waals surface area contributed by atoms with Crippen LogP contribution in [0.5, 0.6) is 5.75 Å². The third kappa shape index (κ3) is 4.29. The summed E-state index contributed by atoms with van der Waals surface area (Å²) in [7, 11) is 0. The Labute approximate surface area is 173 Å². The van der Waals surface area contributed by atoms with E-state index in [9.17, 15) is 23.2 Å². The number of alkyl halides is 2. The SMILES string of the molecule is CCN(C(=O)CN1C(=O)N[C@](C)(c2ccc(OC(F)F)cc2)C1=O)C1=CCCCC1. The van der Waals surface area contributed by atoms with Crippen molar-refractivity contribution >= 4 is 17.8 Å². The van der Waals surface area contributed by atoms with Crippen LogP contribution in [0.15, 0.2) is 36.0 Å². The van der Waals surface area contributed by atoms with Crippen molar-refractivity contribution in [1.29, 1.82) is 0 Å². The molecule has 0 radical (unpaired) electrons. The zero-order valence-electron chi connectivity index (χ0n) is 17.0. The first-order valence-corrected chi connectivity index (χ1v) is 9.95.